The number of carbonyl (C=O) groups is 2. The van der Waals surface area contributed by atoms with Gasteiger partial charge >= 0.3 is 0 Å². The zero-order chi connectivity index (χ0) is 18.9. The van der Waals surface area contributed by atoms with Gasteiger partial charge in [-0.3, -0.25) is 9.59 Å². The third-order valence-electron chi connectivity index (χ3n) is 3.48. The zero-order valence-corrected chi connectivity index (χ0v) is 14.6. The number of benzene rings is 2. The maximum Gasteiger partial charge on any atom is 0.245 e. The molecule has 2 rings (SSSR count). The van der Waals surface area contributed by atoms with Gasteiger partial charge in [-0.05, 0) is 29.8 Å². The van der Waals surface area contributed by atoms with Crippen LogP contribution in [0.1, 0.15) is 12.5 Å². The number of ether oxygens (including phenoxy) is 2. The Morgan fingerprint density at radius 2 is 1.81 bits per heavy atom. The molecule has 0 aromatic heterocycles. The third kappa shape index (κ3) is 5.86. The highest BCUT2D eigenvalue weighted by Crippen LogP contribution is 2.24. The van der Waals surface area contributed by atoms with Crippen LogP contribution in [0.4, 0.5) is 4.39 Å². The minimum atomic E-state index is -0.749. The third-order valence-corrected chi connectivity index (χ3v) is 3.48. The van der Waals surface area contributed by atoms with E-state index in [1.54, 1.807) is 42.5 Å². The molecule has 2 aromatic carbocycles. The van der Waals surface area contributed by atoms with Gasteiger partial charge in [-0.2, -0.15) is 0 Å². The molecular formula is C19H21FN2O4. The summed E-state index contributed by atoms with van der Waals surface area (Å²) in [6.45, 7) is 1.70. The van der Waals surface area contributed by atoms with E-state index in [1.165, 1.54) is 20.1 Å². The van der Waals surface area contributed by atoms with Crippen molar-refractivity contribution in [1.82, 2.24) is 10.6 Å². The second-order valence-electron chi connectivity index (χ2n) is 5.60. The first-order chi connectivity index (χ1) is 12.5. The van der Waals surface area contributed by atoms with Gasteiger partial charge in [0, 0.05) is 20.6 Å². The lowest BCUT2D eigenvalue weighted by Crippen LogP contribution is -2.48. The highest BCUT2D eigenvalue weighted by Gasteiger charge is 2.18. The molecule has 0 aliphatic rings. The molecule has 0 radical (unpaired) electrons. The minimum absolute atomic E-state index is 0.0842. The molecule has 0 unspecified atom stereocenters. The number of halogens is 1. The van der Waals surface area contributed by atoms with Gasteiger partial charge in [0.15, 0.2) is 11.6 Å². The van der Waals surface area contributed by atoms with Crippen molar-refractivity contribution in [3.05, 3.63) is 59.9 Å². The minimum Gasteiger partial charge on any atom is -0.454 e. The first kappa shape index (κ1) is 19.4. The Labute approximate surface area is 151 Å². The van der Waals surface area contributed by atoms with E-state index >= 15 is 0 Å². The molecule has 0 saturated carbocycles. The van der Waals surface area contributed by atoms with Crippen molar-refractivity contribution in [2.45, 2.75) is 19.5 Å². The van der Waals surface area contributed by atoms with Crippen LogP contribution in [0.3, 0.4) is 0 Å². The fourth-order valence-corrected chi connectivity index (χ4v) is 2.24. The maximum absolute atomic E-state index is 13.6. The highest BCUT2D eigenvalue weighted by atomic mass is 19.1. The van der Waals surface area contributed by atoms with E-state index in [0.29, 0.717) is 5.75 Å². The predicted molar refractivity (Wildman–Crippen MR) is 94.2 cm³/mol. The van der Waals surface area contributed by atoms with Crippen molar-refractivity contribution in [3.8, 4) is 11.5 Å². The SMILES string of the molecule is COC[C@@H](NC(C)=O)C(=O)NCc1ccc(Oc2ccccc2F)cc1. The number of nitrogens with one attached hydrogen (secondary N) is 2. The fraction of sp³-hybridized carbons (Fsp3) is 0.263. The summed E-state index contributed by atoms with van der Waals surface area (Å²) < 4.78 is 24.0. The lowest BCUT2D eigenvalue weighted by Gasteiger charge is -2.16. The molecule has 0 aliphatic heterocycles. The average Bonchev–Trinajstić information content (AvgIpc) is 2.62. The summed E-state index contributed by atoms with van der Waals surface area (Å²) in [6, 6.07) is 12.3. The van der Waals surface area contributed by atoms with Crippen LogP contribution in [0.15, 0.2) is 48.5 Å². The predicted octanol–water partition coefficient (Wildman–Crippen LogP) is 2.39. The monoisotopic (exact) mass is 360 g/mol. The molecular weight excluding hydrogens is 339 g/mol. The first-order valence-electron chi connectivity index (χ1n) is 8.04. The van der Waals surface area contributed by atoms with Crippen molar-refractivity contribution >= 4 is 11.8 Å². The summed E-state index contributed by atoms with van der Waals surface area (Å²) in [5, 5.41) is 5.26. The molecule has 1 atom stereocenters. The van der Waals surface area contributed by atoms with Crippen LogP contribution < -0.4 is 15.4 Å². The van der Waals surface area contributed by atoms with Crippen LogP contribution in [-0.2, 0) is 20.9 Å². The molecule has 2 aromatic rings. The number of carbonyl (C=O) groups excluding carboxylic acids is 2. The molecule has 26 heavy (non-hydrogen) atoms. The Balaban J connectivity index is 1.91. The highest BCUT2D eigenvalue weighted by molar-refractivity contribution is 5.86. The molecule has 0 fully saturated rings. The number of hydrogen-bond donors (Lipinski definition) is 2. The average molecular weight is 360 g/mol. The van der Waals surface area contributed by atoms with E-state index in [1.807, 2.05) is 0 Å². The molecule has 2 amide bonds. The van der Waals surface area contributed by atoms with Crippen molar-refractivity contribution in [2.75, 3.05) is 13.7 Å². The summed E-state index contributed by atoms with van der Waals surface area (Å²) in [4.78, 5) is 23.2. The zero-order valence-electron chi connectivity index (χ0n) is 14.6. The molecule has 0 aliphatic carbocycles. The van der Waals surface area contributed by atoms with Crippen molar-refractivity contribution in [2.24, 2.45) is 0 Å². The van der Waals surface area contributed by atoms with E-state index in [4.69, 9.17) is 9.47 Å². The maximum atomic E-state index is 13.6. The molecule has 138 valence electrons. The summed E-state index contributed by atoms with van der Waals surface area (Å²) in [5.41, 5.74) is 0.832. The second-order valence-corrected chi connectivity index (χ2v) is 5.60. The topological polar surface area (TPSA) is 76.7 Å². The Morgan fingerprint density at radius 1 is 1.12 bits per heavy atom. The van der Waals surface area contributed by atoms with E-state index in [9.17, 15) is 14.0 Å². The van der Waals surface area contributed by atoms with Gasteiger partial charge in [0.2, 0.25) is 11.8 Å². The molecule has 6 nitrogen and oxygen atoms in total. The van der Waals surface area contributed by atoms with Crippen molar-refractivity contribution < 1.29 is 23.5 Å². The van der Waals surface area contributed by atoms with Crippen molar-refractivity contribution in [1.29, 1.82) is 0 Å². The van der Waals surface area contributed by atoms with Gasteiger partial charge in [-0.1, -0.05) is 24.3 Å². The second kappa shape index (κ2) is 9.53. The van der Waals surface area contributed by atoms with Gasteiger partial charge in [-0.15, -0.1) is 0 Å². The number of amides is 2. The summed E-state index contributed by atoms with van der Waals surface area (Å²) >= 11 is 0. The standard InChI is InChI=1S/C19H21FN2O4/c1-13(23)22-17(12-25-2)19(24)21-11-14-7-9-15(10-8-14)26-18-6-4-3-5-16(18)20/h3-10,17H,11-12H2,1-2H3,(H,21,24)(H,22,23)/t17-/m1/s1. The van der Waals surface area contributed by atoms with Gasteiger partial charge < -0.3 is 20.1 Å². The molecule has 0 spiro atoms. The Hall–Kier alpha value is -2.93. The Morgan fingerprint density at radius 3 is 2.42 bits per heavy atom. The summed E-state index contributed by atoms with van der Waals surface area (Å²) in [7, 11) is 1.45. The first-order valence-corrected chi connectivity index (χ1v) is 8.04. The van der Waals surface area contributed by atoms with Gasteiger partial charge in [0.25, 0.3) is 0 Å². The van der Waals surface area contributed by atoms with Gasteiger partial charge in [0.1, 0.15) is 11.8 Å². The normalized spacial score (nSPS) is 11.5. The van der Waals surface area contributed by atoms with Crippen LogP contribution in [-0.4, -0.2) is 31.6 Å². The van der Waals surface area contributed by atoms with E-state index in [-0.39, 0.29) is 30.7 Å². The lowest BCUT2D eigenvalue weighted by molar-refractivity contribution is -0.129. The molecule has 0 saturated heterocycles. The van der Waals surface area contributed by atoms with Crippen LogP contribution in [0.2, 0.25) is 0 Å². The Bertz CT molecular complexity index is 749. The number of para-hydroxylation sites is 1. The fourth-order valence-electron chi connectivity index (χ4n) is 2.24. The number of rotatable bonds is 8. The van der Waals surface area contributed by atoms with Crippen LogP contribution in [0.5, 0.6) is 11.5 Å². The van der Waals surface area contributed by atoms with Crippen LogP contribution >= 0.6 is 0 Å². The van der Waals surface area contributed by atoms with Crippen molar-refractivity contribution in [3.63, 3.8) is 0 Å². The number of hydrogen-bond acceptors (Lipinski definition) is 4. The van der Waals surface area contributed by atoms with Gasteiger partial charge in [-0.25, -0.2) is 4.39 Å². The molecule has 7 heteroatoms. The quantitative estimate of drug-likeness (QED) is 0.758. The summed E-state index contributed by atoms with van der Waals surface area (Å²) in [5.74, 6) is -0.455. The summed E-state index contributed by atoms with van der Waals surface area (Å²) in [6.07, 6.45) is 0. The largest absolute Gasteiger partial charge is 0.454 e. The lowest BCUT2D eigenvalue weighted by atomic mass is 10.2. The molecule has 0 heterocycles. The van der Waals surface area contributed by atoms with Gasteiger partial charge in [0.05, 0.1) is 6.61 Å². The molecule has 2 N–H and O–H groups in total. The Kier molecular flexibility index (Phi) is 7.11. The van der Waals surface area contributed by atoms with Crippen LogP contribution in [0, 0.1) is 5.82 Å². The number of methoxy groups -OCH3 is 1. The smallest absolute Gasteiger partial charge is 0.245 e. The van der Waals surface area contributed by atoms with E-state index in [2.05, 4.69) is 10.6 Å². The molecule has 0 bridgehead atoms. The van der Waals surface area contributed by atoms with Crippen LogP contribution in [0.25, 0.3) is 0 Å². The van der Waals surface area contributed by atoms with E-state index in [0.717, 1.165) is 5.56 Å². The van der Waals surface area contributed by atoms with E-state index < -0.39 is 11.9 Å².